The lowest BCUT2D eigenvalue weighted by Crippen LogP contribution is -2.49. The minimum Gasteiger partial charge on any atom is -0.368 e. The second-order valence-corrected chi connectivity index (χ2v) is 7.00. The van der Waals surface area contributed by atoms with Crippen molar-refractivity contribution >= 4 is 17.5 Å². The number of benzene rings is 2. The Morgan fingerprint density at radius 3 is 2.52 bits per heavy atom. The Labute approximate surface area is 157 Å². The third-order valence-corrected chi connectivity index (χ3v) is 5.25. The van der Waals surface area contributed by atoms with Gasteiger partial charge < -0.3 is 14.5 Å². The van der Waals surface area contributed by atoms with Gasteiger partial charge in [0.05, 0.1) is 6.10 Å². The van der Waals surface area contributed by atoms with E-state index in [1.54, 1.807) is 9.80 Å². The molecule has 2 amide bonds. The van der Waals surface area contributed by atoms with E-state index in [0.29, 0.717) is 31.6 Å². The monoisotopic (exact) mass is 368 g/mol. The average Bonchev–Trinajstić information content (AvgIpc) is 2.87. The number of hydrogen-bond donors (Lipinski definition) is 0. The summed E-state index contributed by atoms with van der Waals surface area (Å²) >= 11 is 0. The number of carbonyl (C=O) groups excluding carboxylic acids is 2. The normalized spacial score (nSPS) is 22.9. The van der Waals surface area contributed by atoms with E-state index in [9.17, 15) is 14.0 Å². The first-order valence-electron chi connectivity index (χ1n) is 9.13. The van der Waals surface area contributed by atoms with Gasteiger partial charge in [0.15, 0.2) is 0 Å². The summed E-state index contributed by atoms with van der Waals surface area (Å²) in [6, 6.07) is 15.1. The highest BCUT2D eigenvalue weighted by atomic mass is 19.1. The van der Waals surface area contributed by atoms with Crippen molar-refractivity contribution in [3.63, 3.8) is 0 Å². The number of hydrogen-bond acceptors (Lipinski definition) is 3. The first-order chi connectivity index (χ1) is 13.1. The molecule has 6 heteroatoms. The lowest BCUT2D eigenvalue weighted by Gasteiger charge is -2.38. The Morgan fingerprint density at radius 1 is 1.04 bits per heavy atom. The molecular weight excluding hydrogens is 347 g/mol. The average molecular weight is 368 g/mol. The van der Waals surface area contributed by atoms with E-state index in [-0.39, 0.29) is 36.3 Å². The molecule has 4 rings (SSSR count). The van der Waals surface area contributed by atoms with Gasteiger partial charge in [-0.3, -0.25) is 9.59 Å². The predicted octanol–water partition coefficient (Wildman–Crippen LogP) is 2.72. The molecule has 2 aromatic carbocycles. The van der Waals surface area contributed by atoms with Crippen LogP contribution in [-0.2, 0) is 9.53 Å². The van der Waals surface area contributed by atoms with E-state index >= 15 is 0 Å². The minimum absolute atomic E-state index is 0.0369. The van der Waals surface area contributed by atoms with Crippen LogP contribution in [0.2, 0.25) is 0 Å². The number of rotatable bonds is 2. The first-order valence-corrected chi connectivity index (χ1v) is 9.13. The first kappa shape index (κ1) is 17.7. The van der Waals surface area contributed by atoms with Crippen molar-refractivity contribution in [1.82, 2.24) is 4.90 Å². The maximum atomic E-state index is 13.1. The highest BCUT2D eigenvalue weighted by molar-refractivity contribution is 5.95. The van der Waals surface area contributed by atoms with Crippen molar-refractivity contribution in [3.05, 3.63) is 66.0 Å². The van der Waals surface area contributed by atoms with E-state index in [1.165, 1.54) is 24.3 Å². The van der Waals surface area contributed by atoms with Gasteiger partial charge in [0, 0.05) is 36.8 Å². The SMILES string of the molecule is O=C(c1ccc(F)cc1)N1CC[C@@H]2OCC(=O)N(c3ccccc3)C[C@H]2C1. The van der Waals surface area contributed by atoms with Gasteiger partial charge in [-0.1, -0.05) is 18.2 Å². The quantitative estimate of drug-likeness (QED) is 0.819. The molecule has 0 aromatic heterocycles. The lowest BCUT2D eigenvalue weighted by molar-refractivity contribution is -0.124. The number of amides is 2. The second-order valence-electron chi connectivity index (χ2n) is 7.00. The number of anilines is 1. The zero-order chi connectivity index (χ0) is 18.8. The molecule has 2 aliphatic rings. The molecule has 27 heavy (non-hydrogen) atoms. The molecule has 0 N–H and O–H groups in total. The summed E-state index contributed by atoms with van der Waals surface area (Å²) in [5.74, 6) is -0.503. The number of piperidine rings is 1. The summed E-state index contributed by atoms with van der Waals surface area (Å²) in [4.78, 5) is 28.8. The summed E-state index contributed by atoms with van der Waals surface area (Å²) in [6.07, 6.45) is 0.646. The van der Waals surface area contributed by atoms with E-state index < -0.39 is 0 Å². The summed E-state index contributed by atoms with van der Waals surface area (Å²) in [7, 11) is 0. The molecule has 0 spiro atoms. The summed E-state index contributed by atoms with van der Waals surface area (Å²) in [5.41, 5.74) is 1.31. The Hall–Kier alpha value is -2.73. The highest BCUT2D eigenvalue weighted by Crippen LogP contribution is 2.27. The number of halogens is 1. The summed E-state index contributed by atoms with van der Waals surface area (Å²) in [6.45, 7) is 1.65. The van der Waals surface area contributed by atoms with Gasteiger partial charge in [-0.2, -0.15) is 0 Å². The van der Waals surface area contributed by atoms with Crippen molar-refractivity contribution in [2.24, 2.45) is 5.92 Å². The molecule has 2 saturated heterocycles. The second kappa shape index (κ2) is 7.48. The smallest absolute Gasteiger partial charge is 0.253 e. The van der Waals surface area contributed by atoms with Crippen LogP contribution in [-0.4, -0.2) is 49.1 Å². The molecule has 5 nitrogen and oxygen atoms in total. The lowest BCUT2D eigenvalue weighted by atomic mass is 9.93. The maximum Gasteiger partial charge on any atom is 0.253 e. The fraction of sp³-hybridized carbons (Fsp3) is 0.333. The van der Waals surface area contributed by atoms with Crippen LogP contribution >= 0.6 is 0 Å². The molecule has 2 aromatic rings. The molecule has 140 valence electrons. The number of ether oxygens (including phenoxy) is 1. The van der Waals surface area contributed by atoms with Gasteiger partial charge in [0.2, 0.25) is 0 Å². The predicted molar refractivity (Wildman–Crippen MR) is 98.9 cm³/mol. The van der Waals surface area contributed by atoms with Crippen LogP contribution in [0.3, 0.4) is 0 Å². The van der Waals surface area contributed by atoms with Crippen LogP contribution in [0.15, 0.2) is 54.6 Å². The Morgan fingerprint density at radius 2 is 1.78 bits per heavy atom. The van der Waals surface area contributed by atoms with Crippen molar-refractivity contribution in [2.75, 3.05) is 31.1 Å². The van der Waals surface area contributed by atoms with Gasteiger partial charge in [-0.25, -0.2) is 4.39 Å². The molecule has 0 bridgehead atoms. The number of fused-ring (bicyclic) bond motifs is 1. The number of nitrogens with zero attached hydrogens (tertiary/aromatic N) is 2. The third-order valence-electron chi connectivity index (χ3n) is 5.25. The van der Waals surface area contributed by atoms with Gasteiger partial charge in [0.1, 0.15) is 12.4 Å². The standard InChI is InChI=1S/C21H21FN2O3/c22-17-8-6-15(7-9-17)21(26)23-11-10-19-16(12-23)13-24(20(25)14-27-19)18-4-2-1-3-5-18/h1-9,16,19H,10-14H2/t16-,19+/m1/s1. The molecule has 0 saturated carbocycles. The zero-order valence-corrected chi connectivity index (χ0v) is 14.9. The van der Waals surface area contributed by atoms with Crippen LogP contribution in [0.5, 0.6) is 0 Å². The number of carbonyl (C=O) groups is 2. The molecule has 0 unspecified atom stereocenters. The van der Waals surface area contributed by atoms with E-state index in [0.717, 1.165) is 5.69 Å². The molecule has 2 atom stereocenters. The number of para-hydroxylation sites is 1. The van der Waals surface area contributed by atoms with Crippen LogP contribution in [0, 0.1) is 11.7 Å². The topological polar surface area (TPSA) is 49.9 Å². The van der Waals surface area contributed by atoms with Crippen LogP contribution in [0.4, 0.5) is 10.1 Å². The summed E-state index contributed by atoms with van der Waals surface area (Å²) < 4.78 is 19.0. The molecule has 2 fully saturated rings. The van der Waals surface area contributed by atoms with Crippen molar-refractivity contribution in [3.8, 4) is 0 Å². The molecular formula is C21H21FN2O3. The largest absolute Gasteiger partial charge is 0.368 e. The molecule has 2 aliphatic heterocycles. The third kappa shape index (κ3) is 3.71. The van der Waals surface area contributed by atoms with Crippen LogP contribution < -0.4 is 4.90 Å². The van der Waals surface area contributed by atoms with Crippen molar-refractivity contribution in [2.45, 2.75) is 12.5 Å². The molecule has 0 radical (unpaired) electrons. The minimum atomic E-state index is -0.362. The van der Waals surface area contributed by atoms with Crippen LogP contribution in [0.1, 0.15) is 16.8 Å². The fourth-order valence-electron chi connectivity index (χ4n) is 3.81. The van der Waals surface area contributed by atoms with E-state index in [1.807, 2.05) is 30.3 Å². The van der Waals surface area contributed by atoms with Gasteiger partial charge in [0.25, 0.3) is 11.8 Å². The fourth-order valence-corrected chi connectivity index (χ4v) is 3.81. The van der Waals surface area contributed by atoms with Gasteiger partial charge in [-0.15, -0.1) is 0 Å². The van der Waals surface area contributed by atoms with E-state index in [4.69, 9.17) is 4.74 Å². The molecule has 0 aliphatic carbocycles. The van der Waals surface area contributed by atoms with E-state index in [2.05, 4.69) is 0 Å². The van der Waals surface area contributed by atoms with Crippen molar-refractivity contribution in [1.29, 1.82) is 0 Å². The van der Waals surface area contributed by atoms with Gasteiger partial charge >= 0.3 is 0 Å². The molecule has 2 heterocycles. The maximum absolute atomic E-state index is 13.1. The van der Waals surface area contributed by atoms with Crippen molar-refractivity contribution < 1.29 is 18.7 Å². The van der Waals surface area contributed by atoms with Gasteiger partial charge in [-0.05, 0) is 42.8 Å². The Bertz CT molecular complexity index is 825. The van der Waals surface area contributed by atoms with Crippen LogP contribution in [0.25, 0.3) is 0 Å². The Balaban J connectivity index is 1.51. The number of likely N-dealkylation sites (tertiary alicyclic amines) is 1. The summed E-state index contributed by atoms with van der Waals surface area (Å²) in [5, 5.41) is 0. The Kier molecular flexibility index (Phi) is 4.90. The zero-order valence-electron chi connectivity index (χ0n) is 14.9. The highest BCUT2D eigenvalue weighted by Gasteiger charge is 2.37.